The molecule has 3 nitrogen and oxygen atoms in total. The van der Waals surface area contributed by atoms with Crippen LogP contribution in [0.25, 0.3) is 0 Å². The summed E-state index contributed by atoms with van der Waals surface area (Å²) in [6, 6.07) is 2.25. The van der Waals surface area contributed by atoms with E-state index in [4.69, 9.17) is 4.74 Å². The van der Waals surface area contributed by atoms with Crippen LogP contribution in [0.15, 0.2) is 12.1 Å². The fraction of sp³-hybridized carbons (Fsp3) is 0.300. The normalized spacial score (nSPS) is 10.3. The minimum atomic E-state index is -0.856. The summed E-state index contributed by atoms with van der Waals surface area (Å²) in [7, 11) is 0. The van der Waals surface area contributed by atoms with Gasteiger partial charge in [0.2, 0.25) is 0 Å². The molecule has 0 unspecified atom stereocenters. The molecule has 0 bridgehead atoms. The second-order valence-corrected chi connectivity index (χ2v) is 3.13. The third-order valence-electron chi connectivity index (χ3n) is 1.55. The Balaban J connectivity index is 3.13. The Morgan fingerprint density at radius 3 is 2.64 bits per heavy atom. The number of carbonyl (C=O) groups excluding carboxylic acids is 1. The van der Waals surface area contributed by atoms with E-state index in [-0.39, 0.29) is 17.4 Å². The van der Waals surface area contributed by atoms with Crippen LogP contribution in [0.5, 0.6) is 11.5 Å². The molecule has 0 heterocycles. The van der Waals surface area contributed by atoms with Gasteiger partial charge in [-0.15, -0.1) is 0 Å². The van der Waals surface area contributed by atoms with Crippen LogP contribution in [0, 0.1) is 5.82 Å². The summed E-state index contributed by atoms with van der Waals surface area (Å²) in [6.45, 7) is 3.48. The number of hydrogen-bond donors (Lipinski definition) is 1. The fourth-order valence-electron chi connectivity index (χ4n) is 1.01. The zero-order valence-electron chi connectivity index (χ0n) is 7.95. The predicted molar refractivity (Wildman–Crippen MR) is 49.2 cm³/mol. The lowest BCUT2D eigenvalue weighted by Gasteiger charge is -2.11. The van der Waals surface area contributed by atoms with Crippen LogP contribution in [-0.4, -0.2) is 17.5 Å². The molecule has 0 fully saturated rings. The number of rotatable bonds is 3. The van der Waals surface area contributed by atoms with Gasteiger partial charge in [-0.2, -0.15) is 0 Å². The molecule has 0 spiro atoms. The number of aromatic hydroxyl groups is 1. The first-order chi connectivity index (χ1) is 6.54. The van der Waals surface area contributed by atoms with E-state index in [2.05, 4.69) is 0 Å². The van der Waals surface area contributed by atoms with Crippen LogP contribution in [0.4, 0.5) is 4.39 Å². The largest absolute Gasteiger partial charge is 0.502 e. The first kappa shape index (κ1) is 10.5. The highest BCUT2D eigenvalue weighted by atomic mass is 19.1. The molecule has 0 atom stereocenters. The van der Waals surface area contributed by atoms with Crippen LogP contribution in [0.2, 0.25) is 0 Å². The van der Waals surface area contributed by atoms with Gasteiger partial charge < -0.3 is 9.84 Å². The molecule has 1 rings (SSSR count). The minimum absolute atomic E-state index is 0.0119. The van der Waals surface area contributed by atoms with Crippen molar-refractivity contribution in [2.75, 3.05) is 0 Å². The van der Waals surface area contributed by atoms with Crippen LogP contribution in [-0.2, 0) is 0 Å². The van der Waals surface area contributed by atoms with Crippen molar-refractivity contribution in [1.29, 1.82) is 0 Å². The molecule has 0 aliphatic carbocycles. The monoisotopic (exact) mass is 198 g/mol. The number of hydrogen-bond acceptors (Lipinski definition) is 3. The maximum Gasteiger partial charge on any atom is 0.194 e. The summed E-state index contributed by atoms with van der Waals surface area (Å²) in [5, 5.41) is 9.25. The van der Waals surface area contributed by atoms with E-state index < -0.39 is 11.6 Å². The molecule has 1 aromatic carbocycles. The molecule has 0 aliphatic heterocycles. The zero-order chi connectivity index (χ0) is 10.7. The molecule has 0 radical (unpaired) electrons. The van der Waals surface area contributed by atoms with Gasteiger partial charge in [-0.25, -0.2) is 4.39 Å². The zero-order valence-corrected chi connectivity index (χ0v) is 7.95. The number of phenolic OH excluding ortho intramolecular Hbond substituents is 1. The van der Waals surface area contributed by atoms with E-state index in [0.717, 1.165) is 6.07 Å². The molecule has 0 aliphatic rings. The van der Waals surface area contributed by atoms with Gasteiger partial charge in [-0.1, -0.05) is 0 Å². The van der Waals surface area contributed by atoms with Crippen LogP contribution >= 0.6 is 0 Å². The van der Waals surface area contributed by atoms with Gasteiger partial charge in [-0.05, 0) is 26.0 Å². The summed E-state index contributed by atoms with van der Waals surface area (Å²) in [6.07, 6.45) is 0.303. The lowest BCUT2D eigenvalue weighted by molar-refractivity contribution is 0.112. The van der Waals surface area contributed by atoms with Gasteiger partial charge >= 0.3 is 0 Å². The average molecular weight is 198 g/mol. The summed E-state index contributed by atoms with van der Waals surface area (Å²) >= 11 is 0. The molecule has 4 heteroatoms. The van der Waals surface area contributed by atoms with Gasteiger partial charge in [0.25, 0.3) is 0 Å². The summed E-state index contributed by atoms with van der Waals surface area (Å²) < 4.78 is 18.1. The second kappa shape index (κ2) is 4.09. The topological polar surface area (TPSA) is 46.5 Å². The average Bonchev–Trinajstić information content (AvgIpc) is 2.11. The van der Waals surface area contributed by atoms with Gasteiger partial charge in [0.05, 0.1) is 6.10 Å². The van der Waals surface area contributed by atoms with Crippen LogP contribution in [0.3, 0.4) is 0 Å². The highest BCUT2D eigenvalue weighted by Gasteiger charge is 2.11. The van der Waals surface area contributed by atoms with E-state index in [1.165, 1.54) is 6.07 Å². The molecule has 0 saturated carbocycles. The molecule has 1 N–H and O–H groups in total. The summed E-state index contributed by atoms with van der Waals surface area (Å²) in [5.74, 6) is -1.43. The van der Waals surface area contributed by atoms with E-state index >= 15 is 0 Å². The van der Waals surface area contributed by atoms with Crippen LogP contribution in [0.1, 0.15) is 24.2 Å². The van der Waals surface area contributed by atoms with Crippen molar-refractivity contribution >= 4 is 6.29 Å². The highest BCUT2D eigenvalue weighted by Crippen LogP contribution is 2.30. The maximum absolute atomic E-state index is 13.0. The van der Waals surface area contributed by atoms with Crippen molar-refractivity contribution < 1.29 is 19.0 Å². The molecule has 76 valence electrons. The van der Waals surface area contributed by atoms with Gasteiger partial charge in [0, 0.05) is 5.56 Å². The number of halogens is 1. The SMILES string of the molecule is CC(C)Oc1cc(C=O)cc(F)c1O. The lowest BCUT2D eigenvalue weighted by Crippen LogP contribution is -2.06. The summed E-state index contributed by atoms with van der Waals surface area (Å²) in [5.41, 5.74) is 0.135. The van der Waals surface area contributed by atoms with Crippen molar-refractivity contribution in [3.05, 3.63) is 23.5 Å². The Morgan fingerprint density at radius 2 is 2.14 bits per heavy atom. The van der Waals surface area contributed by atoms with Crippen molar-refractivity contribution in [2.45, 2.75) is 20.0 Å². The maximum atomic E-state index is 13.0. The van der Waals surface area contributed by atoms with Gasteiger partial charge in [0.1, 0.15) is 6.29 Å². The number of benzene rings is 1. The Bertz CT molecular complexity index is 347. The third kappa shape index (κ3) is 2.22. The Hall–Kier alpha value is -1.58. The van der Waals surface area contributed by atoms with E-state index in [1.54, 1.807) is 13.8 Å². The van der Waals surface area contributed by atoms with E-state index in [1.807, 2.05) is 0 Å². The third-order valence-corrected chi connectivity index (χ3v) is 1.55. The fourth-order valence-corrected chi connectivity index (χ4v) is 1.01. The molecule has 0 aromatic heterocycles. The van der Waals surface area contributed by atoms with Crippen LogP contribution < -0.4 is 4.74 Å². The van der Waals surface area contributed by atoms with Gasteiger partial charge in [0.15, 0.2) is 17.3 Å². The number of ether oxygens (including phenoxy) is 1. The van der Waals surface area contributed by atoms with Crippen molar-refractivity contribution in [3.63, 3.8) is 0 Å². The number of aldehydes is 1. The van der Waals surface area contributed by atoms with Crippen molar-refractivity contribution in [2.24, 2.45) is 0 Å². The smallest absolute Gasteiger partial charge is 0.194 e. The van der Waals surface area contributed by atoms with Crippen molar-refractivity contribution in [1.82, 2.24) is 0 Å². The number of carbonyl (C=O) groups is 1. The van der Waals surface area contributed by atoms with E-state index in [9.17, 15) is 14.3 Å². The second-order valence-electron chi connectivity index (χ2n) is 3.13. The highest BCUT2D eigenvalue weighted by molar-refractivity contribution is 5.76. The molecular weight excluding hydrogens is 187 g/mol. The molecule has 0 amide bonds. The quantitative estimate of drug-likeness (QED) is 0.757. The Morgan fingerprint density at radius 1 is 1.50 bits per heavy atom. The van der Waals surface area contributed by atoms with Crippen molar-refractivity contribution in [3.8, 4) is 11.5 Å². The molecule has 0 saturated heterocycles. The van der Waals surface area contributed by atoms with E-state index in [0.29, 0.717) is 6.29 Å². The summed E-state index contributed by atoms with van der Waals surface area (Å²) in [4.78, 5) is 10.4. The predicted octanol–water partition coefficient (Wildman–Crippen LogP) is 2.13. The molecular formula is C10H11FO3. The van der Waals surface area contributed by atoms with Gasteiger partial charge in [-0.3, -0.25) is 4.79 Å². The first-order valence-electron chi connectivity index (χ1n) is 4.19. The Kier molecular flexibility index (Phi) is 3.06. The number of phenols is 1. The Labute approximate surface area is 81.1 Å². The molecule has 1 aromatic rings. The minimum Gasteiger partial charge on any atom is -0.502 e. The molecule has 14 heavy (non-hydrogen) atoms. The lowest BCUT2D eigenvalue weighted by atomic mass is 10.2. The first-order valence-corrected chi connectivity index (χ1v) is 4.19. The standard InChI is InChI=1S/C10H11FO3/c1-6(2)14-9-4-7(5-12)3-8(11)10(9)13/h3-6,13H,1-2H3.